The van der Waals surface area contributed by atoms with Gasteiger partial charge in [0.05, 0.1) is 19.8 Å². The van der Waals surface area contributed by atoms with Crippen molar-refractivity contribution in [1.82, 2.24) is 16.0 Å². The Labute approximate surface area is 160 Å². The number of hydrogen-bond acceptors (Lipinski definition) is 3. The van der Waals surface area contributed by atoms with Crippen LogP contribution in [0.25, 0.3) is 0 Å². The molecule has 24 heavy (non-hydrogen) atoms. The minimum Gasteiger partial charge on any atom is -0.375 e. The molecule has 6 nitrogen and oxygen atoms in total. The quantitative estimate of drug-likeness (QED) is 0.258. The number of halogens is 1. The maximum absolute atomic E-state index is 11.2. The molecule has 1 saturated heterocycles. The number of carbonyl (C=O) groups excluding carboxylic acids is 1. The summed E-state index contributed by atoms with van der Waals surface area (Å²) in [6.07, 6.45) is 1.40. The average Bonchev–Trinajstić information content (AvgIpc) is 2.57. The van der Waals surface area contributed by atoms with Crippen LogP contribution in [0.1, 0.15) is 25.3 Å². The van der Waals surface area contributed by atoms with Crippen molar-refractivity contribution in [3.8, 4) is 0 Å². The molecular weight excluding hydrogens is 419 g/mol. The van der Waals surface area contributed by atoms with Gasteiger partial charge in [-0.05, 0) is 18.9 Å². The Balaban J connectivity index is 0.00000288. The minimum absolute atomic E-state index is 0. The van der Waals surface area contributed by atoms with Gasteiger partial charge in [-0.2, -0.15) is 0 Å². The topological polar surface area (TPSA) is 74.8 Å². The van der Waals surface area contributed by atoms with Gasteiger partial charge in [0, 0.05) is 25.6 Å². The highest BCUT2D eigenvalue weighted by molar-refractivity contribution is 14.0. The van der Waals surface area contributed by atoms with E-state index in [9.17, 15) is 4.79 Å². The number of aliphatic imine (C=N–C) groups is 1. The van der Waals surface area contributed by atoms with Gasteiger partial charge < -0.3 is 20.7 Å². The Morgan fingerprint density at radius 1 is 1.38 bits per heavy atom. The van der Waals surface area contributed by atoms with E-state index >= 15 is 0 Å². The number of ether oxygens (including phenoxy) is 1. The molecule has 2 rings (SSSR count). The number of benzene rings is 1. The Kier molecular flexibility index (Phi) is 10.4. The van der Waals surface area contributed by atoms with Gasteiger partial charge in [-0.3, -0.25) is 9.79 Å². The molecule has 1 fully saturated rings. The van der Waals surface area contributed by atoms with Gasteiger partial charge >= 0.3 is 0 Å². The molecule has 1 aliphatic heterocycles. The maximum atomic E-state index is 11.2. The standard InChI is InChI=1S/C17H26N4O2.HI/c1-2-18-17(21-15-8-9-16(22)20-12-15)19-10-11-23-13-14-6-4-3-5-7-14;/h3-7,15H,2,8-13H2,1H3,(H,20,22)(H2,18,19,21);1H. The molecular formula is C17H27IN4O2. The maximum Gasteiger partial charge on any atom is 0.220 e. The predicted molar refractivity (Wildman–Crippen MR) is 107 cm³/mol. The van der Waals surface area contributed by atoms with E-state index in [4.69, 9.17) is 4.74 Å². The molecule has 1 aromatic rings. The number of amides is 1. The van der Waals surface area contributed by atoms with Gasteiger partial charge in [0.2, 0.25) is 5.91 Å². The normalized spacial score (nSPS) is 17.6. The molecule has 3 N–H and O–H groups in total. The molecule has 1 atom stereocenters. The van der Waals surface area contributed by atoms with Gasteiger partial charge in [-0.15, -0.1) is 24.0 Å². The molecule has 0 spiro atoms. The van der Waals surface area contributed by atoms with E-state index in [0.717, 1.165) is 18.9 Å². The summed E-state index contributed by atoms with van der Waals surface area (Å²) in [5.41, 5.74) is 1.17. The fourth-order valence-electron chi connectivity index (χ4n) is 2.36. The summed E-state index contributed by atoms with van der Waals surface area (Å²) in [7, 11) is 0. The summed E-state index contributed by atoms with van der Waals surface area (Å²) in [5, 5.41) is 9.44. The molecule has 134 valence electrons. The number of nitrogens with one attached hydrogen (secondary N) is 3. The van der Waals surface area contributed by atoms with Crippen LogP contribution in [0.5, 0.6) is 0 Å². The predicted octanol–water partition coefficient (Wildman–Crippen LogP) is 1.65. The van der Waals surface area contributed by atoms with Crippen LogP contribution in [0.3, 0.4) is 0 Å². The van der Waals surface area contributed by atoms with E-state index in [1.807, 2.05) is 37.3 Å². The average molecular weight is 446 g/mol. The second kappa shape index (κ2) is 12.1. The molecule has 0 aliphatic carbocycles. The van der Waals surface area contributed by atoms with Gasteiger partial charge in [-0.1, -0.05) is 30.3 Å². The lowest BCUT2D eigenvalue weighted by atomic mass is 10.1. The van der Waals surface area contributed by atoms with Crippen molar-refractivity contribution in [1.29, 1.82) is 0 Å². The molecule has 1 amide bonds. The molecule has 1 unspecified atom stereocenters. The Morgan fingerprint density at radius 2 is 2.17 bits per heavy atom. The van der Waals surface area contributed by atoms with Crippen molar-refractivity contribution in [3.63, 3.8) is 0 Å². The molecule has 0 radical (unpaired) electrons. The van der Waals surface area contributed by atoms with Gasteiger partial charge in [0.1, 0.15) is 0 Å². The highest BCUT2D eigenvalue weighted by Crippen LogP contribution is 2.02. The summed E-state index contributed by atoms with van der Waals surface area (Å²) < 4.78 is 5.63. The molecule has 1 heterocycles. The zero-order valence-corrected chi connectivity index (χ0v) is 16.4. The van der Waals surface area contributed by atoms with Crippen molar-refractivity contribution in [2.75, 3.05) is 26.2 Å². The van der Waals surface area contributed by atoms with Crippen LogP contribution >= 0.6 is 24.0 Å². The highest BCUT2D eigenvalue weighted by atomic mass is 127. The number of nitrogens with zero attached hydrogens (tertiary/aromatic N) is 1. The van der Waals surface area contributed by atoms with Gasteiger partial charge in [-0.25, -0.2) is 0 Å². The first kappa shape index (κ1) is 20.7. The number of rotatable bonds is 7. The minimum atomic E-state index is 0. The van der Waals surface area contributed by atoms with E-state index < -0.39 is 0 Å². The lowest BCUT2D eigenvalue weighted by Crippen LogP contribution is -2.51. The summed E-state index contributed by atoms with van der Waals surface area (Å²) >= 11 is 0. The van der Waals surface area contributed by atoms with E-state index in [1.165, 1.54) is 5.56 Å². The molecule has 0 aromatic heterocycles. The number of carbonyl (C=O) groups is 1. The van der Waals surface area contributed by atoms with Crippen LogP contribution < -0.4 is 16.0 Å². The van der Waals surface area contributed by atoms with Crippen molar-refractivity contribution >= 4 is 35.8 Å². The Hall–Kier alpha value is -1.35. The summed E-state index contributed by atoms with van der Waals surface area (Å²) in [6.45, 7) is 5.26. The highest BCUT2D eigenvalue weighted by Gasteiger charge is 2.18. The third-order valence-electron chi connectivity index (χ3n) is 3.57. The van der Waals surface area contributed by atoms with Crippen LogP contribution in [0.4, 0.5) is 0 Å². The zero-order valence-electron chi connectivity index (χ0n) is 14.1. The van der Waals surface area contributed by atoms with Crippen molar-refractivity contribution < 1.29 is 9.53 Å². The first-order valence-corrected chi connectivity index (χ1v) is 8.21. The molecule has 7 heteroatoms. The third-order valence-corrected chi connectivity index (χ3v) is 3.57. The fourth-order valence-corrected chi connectivity index (χ4v) is 2.36. The fraction of sp³-hybridized carbons (Fsp3) is 0.529. The van der Waals surface area contributed by atoms with E-state index in [-0.39, 0.29) is 35.9 Å². The van der Waals surface area contributed by atoms with Crippen LogP contribution in [0, 0.1) is 0 Å². The van der Waals surface area contributed by atoms with Crippen LogP contribution in [-0.2, 0) is 16.1 Å². The SMILES string of the molecule is CCNC(=NCCOCc1ccccc1)NC1CCC(=O)NC1.I. The lowest BCUT2D eigenvalue weighted by Gasteiger charge is -2.25. The van der Waals surface area contributed by atoms with Crippen molar-refractivity contribution in [2.45, 2.75) is 32.4 Å². The smallest absolute Gasteiger partial charge is 0.220 e. The third kappa shape index (κ3) is 7.96. The molecule has 0 bridgehead atoms. The largest absolute Gasteiger partial charge is 0.375 e. The number of guanidine groups is 1. The lowest BCUT2D eigenvalue weighted by molar-refractivity contribution is -0.122. The first-order chi connectivity index (χ1) is 11.3. The number of piperidine rings is 1. The first-order valence-electron chi connectivity index (χ1n) is 8.21. The van der Waals surface area contributed by atoms with E-state index in [1.54, 1.807) is 0 Å². The second-order valence-electron chi connectivity index (χ2n) is 5.48. The van der Waals surface area contributed by atoms with Crippen molar-refractivity contribution in [3.05, 3.63) is 35.9 Å². The van der Waals surface area contributed by atoms with E-state index in [0.29, 0.717) is 32.7 Å². The molecule has 1 aliphatic rings. The molecule has 1 aromatic carbocycles. The zero-order chi connectivity index (χ0) is 16.3. The Morgan fingerprint density at radius 3 is 2.83 bits per heavy atom. The monoisotopic (exact) mass is 446 g/mol. The second-order valence-corrected chi connectivity index (χ2v) is 5.48. The van der Waals surface area contributed by atoms with Crippen LogP contribution in [0.2, 0.25) is 0 Å². The number of hydrogen-bond donors (Lipinski definition) is 3. The van der Waals surface area contributed by atoms with Gasteiger partial charge in [0.25, 0.3) is 0 Å². The van der Waals surface area contributed by atoms with Crippen LogP contribution in [-0.4, -0.2) is 44.1 Å². The van der Waals surface area contributed by atoms with Crippen LogP contribution in [0.15, 0.2) is 35.3 Å². The van der Waals surface area contributed by atoms with E-state index in [2.05, 4.69) is 20.9 Å². The van der Waals surface area contributed by atoms with Gasteiger partial charge in [0.15, 0.2) is 5.96 Å². The van der Waals surface area contributed by atoms with Crippen molar-refractivity contribution in [2.24, 2.45) is 4.99 Å². The summed E-state index contributed by atoms with van der Waals surface area (Å²) in [4.78, 5) is 15.7. The Bertz CT molecular complexity index is 501. The summed E-state index contributed by atoms with van der Waals surface area (Å²) in [5.74, 6) is 0.899. The molecule has 0 saturated carbocycles. The summed E-state index contributed by atoms with van der Waals surface area (Å²) in [6, 6.07) is 10.3.